The molecule has 8 heteroatoms. The second-order valence-corrected chi connectivity index (χ2v) is 8.97. The number of nitrogens with zero attached hydrogens (tertiary/aromatic N) is 2. The molecule has 0 bridgehead atoms. The molecule has 0 radical (unpaired) electrons. The van der Waals surface area contributed by atoms with Gasteiger partial charge in [0.05, 0.1) is 3.79 Å². The maximum Gasteiger partial charge on any atom is 0.252 e. The van der Waals surface area contributed by atoms with Gasteiger partial charge in [-0.1, -0.05) is 0 Å². The number of hydrogen-bond donors (Lipinski definition) is 0. The number of sulfonamides is 1. The molecule has 0 atom stereocenters. The Balaban J connectivity index is 2.16. The number of halogens is 1. The first-order valence-corrected chi connectivity index (χ1v) is 8.89. The van der Waals surface area contributed by atoms with Crippen LogP contribution in [-0.4, -0.2) is 49.7 Å². The SMILES string of the molecule is CC(=O)N1CCN(S(=O)(=O)c2cc(C)c(Br)s2)CC1. The van der Waals surface area contributed by atoms with Gasteiger partial charge in [-0.15, -0.1) is 11.3 Å². The van der Waals surface area contributed by atoms with Crippen molar-refractivity contribution in [1.29, 1.82) is 0 Å². The van der Waals surface area contributed by atoms with Gasteiger partial charge >= 0.3 is 0 Å². The summed E-state index contributed by atoms with van der Waals surface area (Å²) in [6.07, 6.45) is 0. The van der Waals surface area contributed by atoms with E-state index in [-0.39, 0.29) is 5.91 Å². The lowest BCUT2D eigenvalue weighted by Crippen LogP contribution is -2.49. The summed E-state index contributed by atoms with van der Waals surface area (Å²) in [5.41, 5.74) is 0.922. The van der Waals surface area contributed by atoms with Gasteiger partial charge in [0.15, 0.2) is 0 Å². The number of carbonyl (C=O) groups excluding carboxylic acids is 1. The summed E-state index contributed by atoms with van der Waals surface area (Å²) in [6, 6.07) is 1.68. The van der Waals surface area contributed by atoms with Crippen LogP contribution in [-0.2, 0) is 14.8 Å². The fraction of sp³-hybridized carbons (Fsp3) is 0.545. The zero-order valence-electron chi connectivity index (χ0n) is 10.7. The monoisotopic (exact) mass is 366 g/mol. The van der Waals surface area contributed by atoms with Crippen LogP contribution >= 0.6 is 27.3 Å². The molecule has 1 fully saturated rings. The van der Waals surface area contributed by atoms with E-state index >= 15 is 0 Å². The van der Waals surface area contributed by atoms with Crippen molar-refractivity contribution in [3.63, 3.8) is 0 Å². The van der Waals surface area contributed by atoms with Gasteiger partial charge < -0.3 is 4.90 Å². The van der Waals surface area contributed by atoms with Crippen LogP contribution < -0.4 is 0 Å². The van der Waals surface area contributed by atoms with E-state index in [4.69, 9.17) is 0 Å². The topological polar surface area (TPSA) is 57.7 Å². The summed E-state index contributed by atoms with van der Waals surface area (Å²) in [4.78, 5) is 12.9. The van der Waals surface area contributed by atoms with Crippen molar-refractivity contribution in [2.24, 2.45) is 0 Å². The molecule has 0 N–H and O–H groups in total. The molecule has 19 heavy (non-hydrogen) atoms. The molecule has 0 unspecified atom stereocenters. The maximum atomic E-state index is 12.4. The smallest absolute Gasteiger partial charge is 0.252 e. The highest BCUT2D eigenvalue weighted by Gasteiger charge is 2.30. The van der Waals surface area contributed by atoms with Crippen molar-refractivity contribution in [3.05, 3.63) is 15.4 Å². The third kappa shape index (κ3) is 3.01. The number of thiophene rings is 1. The summed E-state index contributed by atoms with van der Waals surface area (Å²) in [5, 5.41) is 0. The van der Waals surface area contributed by atoms with Crippen LogP contribution in [0.25, 0.3) is 0 Å². The Morgan fingerprint density at radius 3 is 2.32 bits per heavy atom. The molecule has 1 aromatic rings. The lowest BCUT2D eigenvalue weighted by atomic mass is 10.3. The average Bonchev–Trinajstić information content (AvgIpc) is 2.70. The highest BCUT2D eigenvalue weighted by atomic mass is 79.9. The normalized spacial score (nSPS) is 17.7. The molecule has 1 aliphatic heterocycles. The fourth-order valence-corrected chi connectivity index (χ4v) is 5.73. The van der Waals surface area contributed by atoms with E-state index in [2.05, 4.69) is 15.9 Å². The maximum absolute atomic E-state index is 12.4. The van der Waals surface area contributed by atoms with E-state index in [1.165, 1.54) is 22.6 Å². The molecule has 1 amide bonds. The molecule has 1 aromatic heterocycles. The average molecular weight is 367 g/mol. The number of amides is 1. The Labute approximate surface area is 125 Å². The van der Waals surface area contributed by atoms with Gasteiger partial charge in [-0.05, 0) is 34.5 Å². The zero-order chi connectivity index (χ0) is 14.2. The van der Waals surface area contributed by atoms with Crippen LogP contribution in [0.15, 0.2) is 14.1 Å². The molecule has 0 spiro atoms. The van der Waals surface area contributed by atoms with E-state index < -0.39 is 10.0 Å². The highest BCUT2D eigenvalue weighted by molar-refractivity contribution is 9.11. The number of piperazine rings is 1. The minimum Gasteiger partial charge on any atom is -0.340 e. The van der Waals surface area contributed by atoms with Gasteiger partial charge in [0.1, 0.15) is 4.21 Å². The molecule has 0 aliphatic carbocycles. The Morgan fingerprint density at radius 1 is 1.32 bits per heavy atom. The highest BCUT2D eigenvalue weighted by Crippen LogP contribution is 2.32. The lowest BCUT2D eigenvalue weighted by molar-refractivity contribution is -0.129. The van der Waals surface area contributed by atoms with E-state index in [9.17, 15) is 13.2 Å². The molecule has 2 heterocycles. The van der Waals surface area contributed by atoms with E-state index in [0.717, 1.165) is 9.35 Å². The van der Waals surface area contributed by atoms with Crippen molar-refractivity contribution < 1.29 is 13.2 Å². The molecule has 1 saturated heterocycles. The number of aryl methyl sites for hydroxylation is 1. The molecular formula is C11H15BrN2O3S2. The Morgan fingerprint density at radius 2 is 1.89 bits per heavy atom. The van der Waals surface area contributed by atoms with E-state index in [0.29, 0.717) is 30.4 Å². The van der Waals surface area contributed by atoms with Crippen molar-refractivity contribution in [2.45, 2.75) is 18.1 Å². The Kier molecular flexibility index (Phi) is 4.34. The molecular weight excluding hydrogens is 352 g/mol. The van der Waals surface area contributed by atoms with E-state index in [1.54, 1.807) is 11.0 Å². The first kappa shape index (κ1) is 15.0. The van der Waals surface area contributed by atoms with Gasteiger partial charge in [-0.2, -0.15) is 4.31 Å². The molecule has 0 saturated carbocycles. The van der Waals surface area contributed by atoms with Gasteiger partial charge in [0, 0.05) is 33.1 Å². The number of hydrogen-bond acceptors (Lipinski definition) is 4. The first-order chi connectivity index (χ1) is 8.82. The third-order valence-electron chi connectivity index (χ3n) is 3.11. The van der Waals surface area contributed by atoms with Gasteiger partial charge in [-0.3, -0.25) is 4.79 Å². The number of rotatable bonds is 2. The predicted octanol–water partition coefficient (Wildman–Crippen LogP) is 1.67. The fourth-order valence-electron chi connectivity index (χ4n) is 1.93. The molecule has 0 aromatic carbocycles. The first-order valence-electron chi connectivity index (χ1n) is 5.84. The van der Waals surface area contributed by atoms with E-state index in [1.807, 2.05) is 6.92 Å². The molecule has 2 rings (SSSR count). The summed E-state index contributed by atoms with van der Waals surface area (Å²) >= 11 is 4.57. The largest absolute Gasteiger partial charge is 0.340 e. The summed E-state index contributed by atoms with van der Waals surface area (Å²) in [7, 11) is -3.43. The minimum atomic E-state index is -3.43. The quantitative estimate of drug-likeness (QED) is 0.799. The lowest BCUT2D eigenvalue weighted by Gasteiger charge is -2.33. The van der Waals surface area contributed by atoms with Crippen LogP contribution in [0, 0.1) is 6.92 Å². The predicted molar refractivity (Wildman–Crippen MR) is 77.8 cm³/mol. The minimum absolute atomic E-state index is 0.00763. The second-order valence-electron chi connectivity index (χ2n) is 4.43. The summed E-state index contributed by atoms with van der Waals surface area (Å²) in [5.74, 6) is -0.00763. The van der Waals surface area contributed by atoms with Crippen LogP contribution in [0.4, 0.5) is 0 Å². The summed E-state index contributed by atoms with van der Waals surface area (Å²) in [6.45, 7) is 5.00. The Bertz CT molecular complexity index is 570. The van der Waals surface area contributed by atoms with Crippen molar-refractivity contribution in [1.82, 2.24) is 9.21 Å². The van der Waals surface area contributed by atoms with Crippen molar-refractivity contribution in [3.8, 4) is 0 Å². The molecule has 5 nitrogen and oxygen atoms in total. The summed E-state index contributed by atoms with van der Waals surface area (Å²) < 4.78 is 27.5. The van der Waals surface area contributed by atoms with Gasteiger partial charge in [-0.25, -0.2) is 8.42 Å². The van der Waals surface area contributed by atoms with Crippen LogP contribution in [0.2, 0.25) is 0 Å². The van der Waals surface area contributed by atoms with Gasteiger partial charge in [0.25, 0.3) is 10.0 Å². The van der Waals surface area contributed by atoms with Gasteiger partial charge in [0.2, 0.25) is 5.91 Å². The van der Waals surface area contributed by atoms with Crippen LogP contribution in [0.5, 0.6) is 0 Å². The van der Waals surface area contributed by atoms with Crippen LogP contribution in [0.3, 0.4) is 0 Å². The number of carbonyl (C=O) groups is 1. The van der Waals surface area contributed by atoms with Crippen LogP contribution in [0.1, 0.15) is 12.5 Å². The second kappa shape index (κ2) is 5.51. The molecule has 1 aliphatic rings. The molecule has 106 valence electrons. The van der Waals surface area contributed by atoms with Crippen molar-refractivity contribution >= 4 is 43.2 Å². The van der Waals surface area contributed by atoms with Crippen molar-refractivity contribution in [2.75, 3.05) is 26.2 Å². The zero-order valence-corrected chi connectivity index (χ0v) is 13.9. The third-order valence-corrected chi connectivity index (χ3v) is 7.60. The Hall–Kier alpha value is -0.440. The standard InChI is InChI=1S/C11H15BrN2O3S2/c1-8-7-10(18-11(8)12)19(16,17)14-5-3-13(4-6-14)9(2)15/h7H,3-6H2,1-2H3.